The van der Waals surface area contributed by atoms with Crippen LogP contribution in [0.25, 0.3) is 0 Å². The average Bonchev–Trinajstić information content (AvgIpc) is 3.72. The van der Waals surface area contributed by atoms with Crippen molar-refractivity contribution in [2.24, 2.45) is 11.3 Å². The summed E-state index contributed by atoms with van der Waals surface area (Å²) < 4.78 is 52.1. The lowest BCUT2D eigenvalue weighted by Gasteiger charge is -2.38. The molecule has 4 N–H and O–H groups in total. The molecule has 3 amide bonds. The van der Waals surface area contributed by atoms with Crippen molar-refractivity contribution in [3.8, 4) is 5.75 Å². The van der Waals surface area contributed by atoms with E-state index in [2.05, 4.69) is 10.6 Å². The van der Waals surface area contributed by atoms with Gasteiger partial charge in [-0.1, -0.05) is 44.2 Å². The van der Waals surface area contributed by atoms with E-state index >= 15 is 0 Å². The first-order valence-electron chi connectivity index (χ1n) is 17.0. The number of sulfonamides is 1. The van der Waals surface area contributed by atoms with Crippen molar-refractivity contribution in [3.05, 3.63) is 60.2 Å². The zero-order chi connectivity index (χ0) is 37.2. The van der Waals surface area contributed by atoms with Gasteiger partial charge >= 0.3 is 18.1 Å². The van der Waals surface area contributed by atoms with Crippen molar-refractivity contribution in [3.63, 3.8) is 0 Å². The number of nitrogens with zero attached hydrogens (tertiary/aromatic N) is 2. The number of likely N-dealkylation sites (N-methyl/N-ethyl adjacent to an activating group) is 1. The van der Waals surface area contributed by atoms with E-state index in [4.69, 9.17) is 24.1 Å². The molecule has 0 aromatic heterocycles. The number of rotatable bonds is 18. The smallest absolute Gasteiger partial charge is 0.410 e. The lowest BCUT2D eigenvalue weighted by Crippen LogP contribution is -2.54. The quantitative estimate of drug-likeness (QED) is 0.176. The number of hydrogen-bond acceptors (Lipinski definition) is 10. The number of methoxy groups -OCH3 is 1. The fourth-order valence-corrected chi connectivity index (χ4v) is 7.96. The molecule has 2 saturated heterocycles. The van der Waals surface area contributed by atoms with E-state index in [1.807, 2.05) is 44.2 Å². The van der Waals surface area contributed by atoms with Crippen LogP contribution >= 0.6 is 0 Å². The summed E-state index contributed by atoms with van der Waals surface area (Å²) in [6, 6.07) is 13.7. The second kappa shape index (κ2) is 18.0. The van der Waals surface area contributed by atoms with Crippen LogP contribution in [0.4, 0.5) is 9.59 Å². The molecule has 0 aliphatic carbocycles. The SMILES string of the molecule is CCN(C(=O)O[C@H]1CO[C@H]2OCC[C@H]21)[C@@H](Cc1ccccc1)[C@H](O)CN(CC(C)(C)CCNC(=O)NCC(=O)O)S(=O)(=O)c1ccc(OC)cc1. The summed E-state index contributed by atoms with van der Waals surface area (Å²) >= 11 is 0. The average molecular weight is 735 g/mol. The van der Waals surface area contributed by atoms with Gasteiger partial charge in [0, 0.05) is 26.2 Å². The van der Waals surface area contributed by atoms with Crippen LogP contribution in [0.5, 0.6) is 5.75 Å². The van der Waals surface area contributed by atoms with Crippen LogP contribution in [0, 0.1) is 11.3 Å². The van der Waals surface area contributed by atoms with Crippen molar-refractivity contribution < 1.29 is 52.0 Å². The predicted octanol–water partition coefficient (Wildman–Crippen LogP) is 2.68. The van der Waals surface area contributed by atoms with Gasteiger partial charge in [-0.15, -0.1) is 0 Å². The van der Waals surface area contributed by atoms with Crippen LogP contribution in [0.1, 0.15) is 39.2 Å². The summed E-state index contributed by atoms with van der Waals surface area (Å²) in [6.45, 7) is 5.47. The minimum absolute atomic E-state index is 0.0154. The lowest BCUT2D eigenvalue weighted by molar-refractivity contribution is -0.135. The van der Waals surface area contributed by atoms with Gasteiger partial charge in [0.05, 0.1) is 43.3 Å². The number of aliphatic hydroxyl groups excluding tert-OH is 1. The van der Waals surface area contributed by atoms with Crippen molar-refractivity contribution in [1.29, 1.82) is 0 Å². The normalized spacial score (nSPS) is 19.9. The number of carbonyl (C=O) groups excluding carboxylic acids is 2. The molecule has 0 unspecified atom stereocenters. The molecule has 282 valence electrons. The monoisotopic (exact) mass is 734 g/mol. The second-order valence-corrected chi connectivity index (χ2v) is 15.4. The van der Waals surface area contributed by atoms with E-state index in [1.54, 1.807) is 6.92 Å². The Morgan fingerprint density at radius 1 is 1.06 bits per heavy atom. The molecule has 5 atom stereocenters. The number of hydrogen-bond donors (Lipinski definition) is 4. The number of urea groups is 1. The second-order valence-electron chi connectivity index (χ2n) is 13.4. The van der Waals surface area contributed by atoms with Crippen LogP contribution in [-0.4, -0.2) is 124 Å². The standard InChI is InChI=1S/C35H50N4O11S/c1-5-39(34(44)50-30-22-49-32-27(30)15-18-48-32)28(19-24-9-7-6-8-10-24)29(40)21-38(51(45,46)26-13-11-25(47-4)12-14-26)23-35(2,3)16-17-36-33(43)37-20-31(41)42/h6-14,27-30,32,40H,5,15-23H2,1-4H3,(H,41,42)(H2,36,37,43)/t27-,28-,29+,30-,32+/m0/s1. The maximum atomic E-state index is 14.3. The first kappa shape index (κ1) is 39.8. The van der Waals surface area contributed by atoms with E-state index in [0.717, 1.165) is 5.56 Å². The number of carboxylic acid groups (broad SMARTS) is 1. The van der Waals surface area contributed by atoms with Gasteiger partial charge in [-0.05, 0) is 61.4 Å². The third-order valence-electron chi connectivity index (χ3n) is 9.12. The Morgan fingerprint density at radius 3 is 2.41 bits per heavy atom. The van der Waals surface area contributed by atoms with Gasteiger partial charge in [-0.2, -0.15) is 4.31 Å². The summed E-state index contributed by atoms with van der Waals surface area (Å²) in [5, 5.41) is 25.6. The number of aliphatic hydroxyl groups is 1. The Kier molecular flexibility index (Phi) is 14.1. The summed E-state index contributed by atoms with van der Waals surface area (Å²) in [5.74, 6) is -0.806. The number of carboxylic acids is 1. The molecule has 16 heteroatoms. The van der Waals surface area contributed by atoms with E-state index in [9.17, 15) is 27.9 Å². The molecule has 2 heterocycles. The maximum absolute atomic E-state index is 14.3. The zero-order valence-corrected chi connectivity index (χ0v) is 30.3. The Labute approximate surface area is 299 Å². The van der Waals surface area contributed by atoms with E-state index in [0.29, 0.717) is 25.2 Å². The lowest BCUT2D eigenvalue weighted by atomic mass is 9.89. The molecular weight excluding hydrogens is 684 g/mol. The highest BCUT2D eigenvalue weighted by molar-refractivity contribution is 7.89. The Balaban J connectivity index is 1.59. The van der Waals surface area contributed by atoms with Gasteiger partial charge in [-0.25, -0.2) is 18.0 Å². The van der Waals surface area contributed by atoms with Crippen LogP contribution in [0.15, 0.2) is 59.5 Å². The number of carbonyl (C=O) groups is 3. The summed E-state index contributed by atoms with van der Waals surface area (Å²) in [4.78, 5) is 38.0. The third kappa shape index (κ3) is 11.0. The number of nitrogens with one attached hydrogen (secondary N) is 2. The van der Waals surface area contributed by atoms with Gasteiger partial charge in [0.2, 0.25) is 10.0 Å². The zero-order valence-electron chi connectivity index (χ0n) is 29.5. The highest BCUT2D eigenvalue weighted by atomic mass is 32.2. The molecular formula is C35H50N4O11S. The fourth-order valence-electron chi connectivity index (χ4n) is 6.32. The molecule has 0 spiro atoms. The molecule has 0 radical (unpaired) electrons. The van der Waals surface area contributed by atoms with Crippen molar-refractivity contribution in [1.82, 2.24) is 19.8 Å². The molecule has 2 aromatic carbocycles. The first-order valence-corrected chi connectivity index (χ1v) is 18.5. The molecule has 15 nitrogen and oxygen atoms in total. The Morgan fingerprint density at radius 2 is 1.76 bits per heavy atom. The molecule has 2 fully saturated rings. The number of benzene rings is 2. The summed E-state index contributed by atoms with van der Waals surface area (Å²) in [6.07, 6.45) is -1.70. The van der Waals surface area contributed by atoms with Gasteiger partial charge in [0.15, 0.2) is 6.29 Å². The van der Waals surface area contributed by atoms with E-state index in [1.165, 1.54) is 40.6 Å². The molecule has 0 saturated carbocycles. The number of fused-ring (bicyclic) bond motifs is 1. The Hall–Kier alpha value is -3.96. The van der Waals surface area contributed by atoms with E-state index < -0.39 is 64.6 Å². The predicted molar refractivity (Wildman–Crippen MR) is 186 cm³/mol. The van der Waals surface area contributed by atoms with Crippen LogP contribution in [-0.2, 0) is 35.4 Å². The summed E-state index contributed by atoms with van der Waals surface area (Å²) in [7, 11) is -2.74. The molecule has 4 rings (SSSR count). The van der Waals surface area contributed by atoms with Crippen LogP contribution in [0.3, 0.4) is 0 Å². The van der Waals surface area contributed by atoms with Crippen molar-refractivity contribution in [2.45, 2.75) is 69.5 Å². The number of ether oxygens (including phenoxy) is 4. The van der Waals surface area contributed by atoms with Gasteiger partial charge < -0.3 is 44.7 Å². The molecule has 51 heavy (non-hydrogen) atoms. The van der Waals surface area contributed by atoms with Crippen LogP contribution in [0.2, 0.25) is 0 Å². The summed E-state index contributed by atoms with van der Waals surface area (Å²) in [5.41, 5.74) is 0.0957. The Bertz CT molecular complexity index is 1560. The van der Waals surface area contributed by atoms with Gasteiger partial charge in [-0.3, -0.25) is 4.79 Å². The molecule has 0 bridgehead atoms. The van der Waals surface area contributed by atoms with Crippen molar-refractivity contribution >= 4 is 28.1 Å². The minimum Gasteiger partial charge on any atom is -0.497 e. The molecule has 2 aliphatic heterocycles. The molecule has 2 aromatic rings. The largest absolute Gasteiger partial charge is 0.497 e. The number of aliphatic carboxylic acids is 1. The molecule has 2 aliphatic rings. The van der Waals surface area contributed by atoms with Gasteiger partial charge in [0.25, 0.3) is 0 Å². The number of amides is 3. The van der Waals surface area contributed by atoms with E-state index in [-0.39, 0.29) is 50.0 Å². The minimum atomic E-state index is -4.21. The third-order valence-corrected chi connectivity index (χ3v) is 11.0. The highest BCUT2D eigenvalue weighted by Gasteiger charge is 2.45. The van der Waals surface area contributed by atoms with Gasteiger partial charge in [0.1, 0.15) is 18.4 Å². The van der Waals surface area contributed by atoms with Crippen LogP contribution < -0.4 is 15.4 Å². The topological polar surface area (TPSA) is 193 Å². The first-order chi connectivity index (χ1) is 24.2. The van der Waals surface area contributed by atoms with Crippen molar-refractivity contribution in [2.75, 3.05) is 53.0 Å². The highest BCUT2D eigenvalue weighted by Crippen LogP contribution is 2.34. The maximum Gasteiger partial charge on any atom is 0.410 e. The fraction of sp³-hybridized carbons (Fsp3) is 0.571.